The number of amides is 2. The Morgan fingerprint density at radius 2 is 1.03 bits per heavy atom. The van der Waals surface area contributed by atoms with Crippen LogP contribution < -0.4 is 10.6 Å². The molecule has 3 aromatic carbocycles. The minimum Gasteiger partial charge on any atom is -0.465 e. The third kappa shape index (κ3) is 5.37. The molecule has 0 unspecified atom stereocenters. The lowest BCUT2D eigenvalue weighted by Crippen LogP contribution is -2.15. The monoisotopic (exact) mass is 432 g/mol. The van der Waals surface area contributed by atoms with Crippen molar-refractivity contribution in [2.45, 2.75) is 0 Å². The summed E-state index contributed by atoms with van der Waals surface area (Å²) in [6.45, 7) is 0. The van der Waals surface area contributed by atoms with E-state index in [1.165, 1.54) is 32.4 Å². The molecule has 3 rings (SSSR count). The number of hydrogen-bond donors (Lipinski definition) is 2. The predicted molar refractivity (Wildman–Crippen MR) is 118 cm³/mol. The van der Waals surface area contributed by atoms with Crippen molar-refractivity contribution in [3.63, 3.8) is 0 Å². The molecule has 0 saturated heterocycles. The summed E-state index contributed by atoms with van der Waals surface area (Å²) in [5.74, 6) is -2.06. The van der Waals surface area contributed by atoms with Crippen molar-refractivity contribution in [2.24, 2.45) is 0 Å². The average Bonchev–Trinajstić information content (AvgIpc) is 2.83. The molecule has 3 aromatic rings. The van der Waals surface area contributed by atoms with E-state index in [2.05, 4.69) is 20.1 Å². The Morgan fingerprint density at radius 3 is 1.53 bits per heavy atom. The number of carbonyl (C=O) groups is 4. The highest BCUT2D eigenvalue weighted by molar-refractivity contribution is 6.07. The fourth-order valence-electron chi connectivity index (χ4n) is 2.87. The van der Waals surface area contributed by atoms with E-state index >= 15 is 0 Å². The SMILES string of the molecule is COC(=O)c1cc(NC(=O)c2ccc(NC(=O)c3ccccc3)cc2)cc(C(=O)OC)c1. The average molecular weight is 432 g/mol. The first kappa shape index (κ1) is 22.2. The molecule has 2 amide bonds. The highest BCUT2D eigenvalue weighted by Crippen LogP contribution is 2.19. The largest absolute Gasteiger partial charge is 0.465 e. The van der Waals surface area contributed by atoms with Gasteiger partial charge in [0.25, 0.3) is 11.8 Å². The number of esters is 2. The number of methoxy groups -OCH3 is 2. The van der Waals surface area contributed by atoms with Crippen LogP contribution >= 0.6 is 0 Å². The second-order valence-corrected chi connectivity index (χ2v) is 6.63. The summed E-state index contributed by atoms with van der Waals surface area (Å²) < 4.78 is 9.38. The Morgan fingerprint density at radius 1 is 0.562 bits per heavy atom. The van der Waals surface area contributed by atoms with Gasteiger partial charge in [0, 0.05) is 22.5 Å². The van der Waals surface area contributed by atoms with Gasteiger partial charge in [-0.25, -0.2) is 9.59 Å². The summed E-state index contributed by atoms with van der Waals surface area (Å²) in [5, 5.41) is 5.39. The van der Waals surface area contributed by atoms with Gasteiger partial charge in [-0.1, -0.05) is 18.2 Å². The molecule has 2 N–H and O–H groups in total. The number of benzene rings is 3. The Bertz CT molecular complexity index is 1120. The van der Waals surface area contributed by atoms with Crippen LogP contribution in [0.4, 0.5) is 11.4 Å². The highest BCUT2D eigenvalue weighted by atomic mass is 16.5. The van der Waals surface area contributed by atoms with Crippen molar-refractivity contribution < 1.29 is 28.7 Å². The second-order valence-electron chi connectivity index (χ2n) is 6.63. The maximum Gasteiger partial charge on any atom is 0.337 e. The van der Waals surface area contributed by atoms with Gasteiger partial charge in [-0.3, -0.25) is 9.59 Å². The van der Waals surface area contributed by atoms with Gasteiger partial charge < -0.3 is 20.1 Å². The number of rotatable bonds is 6. The van der Waals surface area contributed by atoms with E-state index < -0.39 is 17.8 Å². The van der Waals surface area contributed by atoms with Crippen LogP contribution in [0.1, 0.15) is 41.4 Å². The molecule has 0 radical (unpaired) electrons. The van der Waals surface area contributed by atoms with Gasteiger partial charge in [-0.15, -0.1) is 0 Å². The lowest BCUT2D eigenvalue weighted by molar-refractivity contribution is 0.0598. The molecule has 0 bridgehead atoms. The summed E-state index contributed by atoms with van der Waals surface area (Å²) in [4.78, 5) is 48.7. The summed E-state index contributed by atoms with van der Waals surface area (Å²) in [7, 11) is 2.42. The van der Waals surface area contributed by atoms with Crippen LogP contribution in [0.15, 0.2) is 72.8 Å². The first-order chi connectivity index (χ1) is 15.4. The molecular weight excluding hydrogens is 412 g/mol. The van der Waals surface area contributed by atoms with Crippen molar-refractivity contribution in [1.82, 2.24) is 0 Å². The number of anilines is 2. The number of nitrogens with one attached hydrogen (secondary N) is 2. The first-order valence-corrected chi connectivity index (χ1v) is 9.51. The van der Waals surface area contributed by atoms with Crippen molar-refractivity contribution in [3.05, 3.63) is 95.1 Å². The standard InChI is InChI=1S/C24H20N2O6/c1-31-23(29)17-12-18(24(30)32-2)14-20(13-17)26-22(28)16-8-10-19(11-9-16)25-21(27)15-6-4-3-5-7-15/h3-14H,1-2H3,(H,25,27)(H,26,28). The molecule has 32 heavy (non-hydrogen) atoms. The number of ether oxygens (including phenoxy) is 2. The fourth-order valence-corrected chi connectivity index (χ4v) is 2.87. The molecule has 0 aliphatic rings. The topological polar surface area (TPSA) is 111 Å². The fraction of sp³-hybridized carbons (Fsp3) is 0.0833. The molecule has 0 spiro atoms. The Kier molecular flexibility index (Phi) is 6.97. The third-order valence-corrected chi connectivity index (χ3v) is 4.47. The minimum atomic E-state index is -0.662. The minimum absolute atomic E-state index is 0.0877. The molecule has 8 nitrogen and oxygen atoms in total. The van der Waals surface area contributed by atoms with Crippen molar-refractivity contribution >= 4 is 35.1 Å². The van der Waals surface area contributed by atoms with Crippen LogP contribution in [0.3, 0.4) is 0 Å². The predicted octanol–water partition coefficient (Wildman–Crippen LogP) is 3.76. The second kappa shape index (κ2) is 10.0. The molecule has 0 aliphatic heterocycles. The summed E-state index contributed by atoms with van der Waals surface area (Å²) in [5.41, 5.74) is 1.75. The summed E-state index contributed by atoms with van der Waals surface area (Å²) >= 11 is 0. The van der Waals surface area contributed by atoms with Gasteiger partial charge >= 0.3 is 11.9 Å². The van der Waals surface area contributed by atoms with Crippen LogP contribution in [0.25, 0.3) is 0 Å². The normalized spacial score (nSPS) is 10.1. The van der Waals surface area contributed by atoms with E-state index in [1.807, 2.05) is 6.07 Å². The van der Waals surface area contributed by atoms with Gasteiger partial charge in [-0.2, -0.15) is 0 Å². The van der Waals surface area contributed by atoms with E-state index in [-0.39, 0.29) is 22.7 Å². The van der Waals surface area contributed by atoms with Gasteiger partial charge in [0.05, 0.1) is 25.3 Å². The van der Waals surface area contributed by atoms with Gasteiger partial charge in [-0.05, 0) is 54.6 Å². The van der Waals surface area contributed by atoms with Gasteiger partial charge in [0.1, 0.15) is 0 Å². The number of hydrogen-bond acceptors (Lipinski definition) is 6. The molecule has 0 fully saturated rings. The van der Waals surface area contributed by atoms with Crippen LogP contribution in [-0.4, -0.2) is 38.0 Å². The summed E-state index contributed by atoms with van der Waals surface area (Å²) in [6, 6.07) is 19.1. The molecule has 0 saturated carbocycles. The zero-order chi connectivity index (χ0) is 23.1. The maximum atomic E-state index is 12.6. The van der Waals surface area contributed by atoms with Crippen molar-refractivity contribution in [3.8, 4) is 0 Å². The Balaban J connectivity index is 1.75. The Hall–Kier alpha value is -4.46. The van der Waals surface area contributed by atoms with Gasteiger partial charge in [0.15, 0.2) is 0 Å². The third-order valence-electron chi connectivity index (χ3n) is 4.47. The van der Waals surface area contributed by atoms with Gasteiger partial charge in [0.2, 0.25) is 0 Å². The van der Waals surface area contributed by atoms with E-state index in [1.54, 1.807) is 48.5 Å². The van der Waals surface area contributed by atoms with Crippen LogP contribution in [0.2, 0.25) is 0 Å². The quantitative estimate of drug-likeness (QED) is 0.574. The van der Waals surface area contributed by atoms with E-state index in [0.29, 0.717) is 16.8 Å². The molecule has 162 valence electrons. The van der Waals surface area contributed by atoms with E-state index in [4.69, 9.17) is 0 Å². The Labute approximate surface area is 184 Å². The van der Waals surface area contributed by atoms with E-state index in [0.717, 1.165) is 0 Å². The molecule has 8 heteroatoms. The van der Waals surface area contributed by atoms with Crippen LogP contribution in [-0.2, 0) is 9.47 Å². The van der Waals surface area contributed by atoms with E-state index in [9.17, 15) is 19.2 Å². The highest BCUT2D eigenvalue weighted by Gasteiger charge is 2.16. The zero-order valence-electron chi connectivity index (χ0n) is 17.4. The first-order valence-electron chi connectivity index (χ1n) is 9.51. The lowest BCUT2D eigenvalue weighted by Gasteiger charge is -2.10. The van der Waals surface area contributed by atoms with Crippen molar-refractivity contribution in [1.29, 1.82) is 0 Å². The smallest absolute Gasteiger partial charge is 0.337 e. The molecule has 0 aliphatic carbocycles. The molecule has 0 aromatic heterocycles. The van der Waals surface area contributed by atoms with Crippen molar-refractivity contribution in [2.75, 3.05) is 24.9 Å². The molecular formula is C24H20N2O6. The van der Waals surface area contributed by atoms with Crippen LogP contribution in [0, 0.1) is 0 Å². The molecule has 0 atom stereocenters. The zero-order valence-corrected chi connectivity index (χ0v) is 17.4. The lowest BCUT2D eigenvalue weighted by atomic mass is 10.1. The van der Waals surface area contributed by atoms with Crippen LogP contribution in [0.5, 0.6) is 0 Å². The summed E-state index contributed by atoms with van der Waals surface area (Å²) in [6.07, 6.45) is 0. The number of carbonyl (C=O) groups excluding carboxylic acids is 4. The molecule has 0 heterocycles. The maximum absolute atomic E-state index is 12.6.